The maximum absolute atomic E-state index is 7.00. The fourth-order valence-corrected chi connectivity index (χ4v) is 0. The highest BCUT2D eigenvalue weighted by Gasteiger charge is 0.841. The van der Waals surface area contributed by atoms with Crippen LogP contribution in [-0.4, -0.2) is 24.4 Å². The summed E-state index contributed by atoms with van der Waals surface area (Å²) in [5.74, 6) is 0. The lowest BCUT2D eigenvalue weighted by Gasteiger charge is -1.21. The summed E-state index contributed by atoms with van der Waals surface area (Å²) in [6, 6.07) is 0. The molecule has 6 heavy (non-hydrogen) atoms. The molecule has 0 heterocycles. The smallest absolute Gasteiger partial charge is 0.0319 e. The Morgan fingerprint density at radius 3 is 0.667 bits per heavy atom. The van der Waals surface area contributed by atoms with Gasteiger partial charge in [-0.25, -0.2) is 0 Å². The highest BCUT2D eigenvalue weighted by molar-refractivity contribution is 3.18. The molecule has 0 rings (SSSR count). The van der Waals surface area contributed by atoms with Crippen molar-refractivity contribution in [3.63, 3.8) is 0 Å². The Bertz CT molecular complexity index is 5.51. The molecule has 0 spiro atoms. The monoisotopic (exact) mass is 96.1 g/mol. The molecule has 0 unspecified atom stereocenters. The van der Waals surface area contributed by atoms with Crippen LogP contribution in [0.5, 0.6) is 0 Å². The van der Waals surface area contributed by atoms with Crippen LogP contribution >= 0.6 is 0 Å². The van der Waals surface area contributed by atoms with Crippen LogP contribution in [0, 0.1) is 0 Å². The van der Waals surface area contributed by atoms with Crippen LogP contribution in [0.15, 0.2) is 0 Å². The molecule has 0 saturated heterocycles. The van der Waals surface area contributed by atoms with Crippen LogP contribution in [0.4, 0.5) is 0 Å². The molecular formula is C4H16O2. The van der Waals surface area contributed by atoms with Gasteiger partial charge in [-0.3, -0.25) is 0 Å². The first-order valence-corrected chi connectivity index (χ1v) is 0.894. The average molecular weight is 96.2 g/mol. The summed E-state index contributed by atoms with van der Waals surface area (Å²) in [6.45, 7) is 0. The molecule has 0 radical (unpaired) electrons. The van der Waals surface area contributed by atoms with Crippen molar-refractivity contribution in [2.75, 3.05) is 14.2 Å². The third kappa shape index (κ3) is 5220. The van der Waals surface area contributed by atoms with Crippen LogP contribution in [0.25, 0.3) is 0 Å². The maximum atomic E-state index is 7.00. The summed E-state index contributed by atoms with van der Waals surface area (Å²) in [6.07, 6.45) is 0. The molecule has 0 amide bonds. The molecule has 0 fully saturated rings. The summed E-state index contributed by atoms with van der Waals surface area (Å²) < 4.78 is 0. The Balaban J connectivity index is -0.00000000500. The molecule has 0 aliphatic heterocycles. The fourth-order valence-electron chi connectivity index (χ4n) is 0. The third-order valence-corrected chi connectivity index (χ3v) is 0. The molecule has 2 nitrogen and oxygen atoms in total. The third-order valence-electron chi connectivity index (χ3n) is 0. The molecule has 0 aliphatic carbocycles. The van der Waals surface area contributed by atoms with E-state index in [2.05, 4.69) is 0 Å². The van der Waals surface area contributed by atoms with Crippen LogP contribution in [-0.2, 0) is 0 Å². The minimum atomic E-state index is 0. The first kappa shape index (κ1) is 38.9. The Kier molecular flexibility index (Phi) is 76500. The SMILES string of the molecule is C.C.CO.CO. The fraction of sp³-hybridized carbons (Fsp3) is 1.00. The van der Waals surface area contributed by atoms with Crippen molar-refractivity contribution in [3.8, 4) is 0 Å². The van der Waals surface area contributed by atoms with Gasteiger partial charge >= 0.3 is 0 Å². The topological polar surface area (TPSA) is 40.5 Å². The van der Waals surface area contributed by atoms with E-state index in [4.69, 9.17) is 10.2 Å². The summed E-state index contributed by atoms with van der Waals surface area (Å²) in [7, 11) is 2.00. The van der Waals surface area contributed by atoms with E-state index in [1.54, 1.807) is 0 Å². The number of aliphatic hydroxyl groups is 2. The molecule has 0 atom stereocenters. The van der Waals surface area contributed by atoms with Crippen LogP contribution in [0.1, 0.15) is 14.9 Å². The van der Waals surface area contributed by atoms with Gasteiger partial charge in [0.25, 0.3) is 0 Å². The van der Waals surface area contributed by atoms with E-state index in [1.165, 1.54) is 0 Å². The minimum Gasteiger partial charge on any atom is -0.400 e. The Morgan fingerprint density at radius 2 is 0.667 bits per heavy atom. The van der Waals surface area contributed by atoms with Gasteiger partial charge in [0.05, 0.1) is 0 Å². The van der Waals surface area contributed by atoms with Crippen molar-refractivity contribution < 1.29 is 10.2 Å². The van der Waals surface area contributed by atoms with Gasteiger partial charge in [-0.1, -0.05) is 14.9 Å². The van der Waals surface area contributed by atoms with Gasteiger partial charge in [-0.15, -0.1) is 0 Å². The zero-order valence-corrected chi connectivity index (χ0v) is 2.89. The van der Waals surface area contributed by atoms with Crippen molar-refractivity contribution in [1.82, 2.24) is 0 Å². The van der Waals surface area contributed by atoms with E-state index in [1.807, 2.05) is 0 Å². The lowest BCUT2D eigenvalue weighted by molar-refractivity contribution is 0.399. The van der Waals surface area contributed by atoms with E-state index in [0.29, 0.717) is 0 Å². The molecule has 2 N–H and O–H groups in total. The Morgan fingerprint density at radius 1 is 0.667 bits per heavy atom. The maximum Gasteiger partial charge on any atom is 0.0319 e. The molecule has 0 aromatic heterocycles. The second kappa shape index (κ2) is 11800. The Labute approximate surface area is 40.4 Å². The Hall–Kier alpha value is -0.0800. The number of aliphatic hydroxyl groups excluding tert-OH is 2. The van der Waals surface area contributed by atoms with Crippen molar-refractivity contribution >= 4 is 0 Å². The van der Waals surface area contributed by atoms with Crippen LogP contribution < -0.4 is 0 Å². The minimum absolute atomic E-state index is 0. The van der Waals surface area contributed by atoms with E-state index in [0.717, 1.165) is 14.2 Å². The molecule has 0 aromatic carbocycles. The first-order valence-electron chi connectivity index (χ1n) is 0.894. The van der Waals surface area contributed by atoms with Gasteiger partial charge in [0.15, 0.2) is 0 Å². The number of rotatable bonds is 0. The van der Waals surface area contributed by atoms with Gasteiger partial charge in [0.2, 0.25) is 0 Å². The van der Waals surface area contributed by atoms with Crippen molar-refractivity contribution in [1.29, 1.82) is 0 Å². The number of hydrogen-bond donors (Lipinski definition) is 2. The largest absolute Gasteiger partial charge is 0.400 e. The zero-order valence-electron chi connectivity index (χ0n) is 2.89. The van der Waals surface area contributed by atoms with E-state index < -0.39 is 0 Å². The van der Waals surface area contributed by atoms with Crippen LogP contribution in [0.3, 0.4) is 0 Å². The lowest BCUT2D eigenvalue weighted by atomic mass is 11.8. The van der Waals surface area contributed by atoms with Crippen molar-refractivity contribution in [2.45, 2.75) is 14.9 Å². The first-order chi connectivity index (χ1) is 2.00. The molecule has 0 saturated carbocycles. The summed E-state index contributed by atoms with van der Waals surface area (Å²) in [5, 5.41) is 14.0. The van der Waals surface area contributed by atoms with Crippen molar-refractivity contribution in [2.24, 2.45) is 0 Å². The second-order valence-corrected chi connectivity index (χ2v) is 0. The van der Waals surface area contributed by atoms with Gasteiger partial charge < -0.3 is 10.2 Å². The highest BCUT2D eigenvalue weighted by Crippen LogP contribution is 0.757. The molecule has 44 valence electrons. The van der Waals surface area contributed by atoms with E-state index in [9.17, 15) is 0 Å². The average Bonchev–Trinajstić information content (AvgIpc) is 1.50. The standard InChI is InChI=1S/2CH4O.2CH4/c2*1-2;;/h2*2H,1H3;2*1H4. The second-order valence-electron chi connectivity index (χ2n) is 0. The van der Waals surface area contributed by atoms with Gasteiger partial charge in [-0.05, 0) is 0 Å². The summed E-state index contributed by atoms with van der Waals surface area (Å²) in [4.78, 5) is 0. The van der Waals surface area contributed by atoms with Gasteiger partial charge in [-0.2, -0.15) is 0 Å². The molecule has 0 bridgehead atoms. The van der Waals surface area contributed by atoms with Crippen LogP contribution in [0.2, 0.25) is 0 Å². The molecule has 2 heteroatoms. The van der Waals surface area contributed by atoms with E-state index >= 15 is 0 Å². The van der Waals surface area contributed by atoms with Crippen molar-refractivity contribution in [3.05, 3.63) is 0 Å². The predicted octanol–water partition coefficient (Wildman–Crippen LogP) is 0.489. The normalized spacial score (nSPS) is 2.00. The molecular weight excluding hydrogens is 80.0 g/mol. The predicted molar refractivity (Wildman–Crippen MR) is 29.7 cm³/mol. The highest BCUT2D eigenvalue weighted by atomic mass is 16.2. The number of hydrogen-bond acceptors (Lipinski definition) is 2. The van der Waals surface area contributed by atoms with Gasteiger partial charge in [0.1, 0.15) is 0 Å². The lowest BCUT2D eigenvalue weighted by Crippen LogP contribution is -1.25. The van der Waals surface area contributed by atoms with Gasteiger partial charge in [0, 0.05) is 14.2 Å². The molecule has 0 aromatic rings. The van der Waals surface area contributed by atoms with E-state index in [-0.39, 0.29) is 14.9 Å². The molecule has 0 aliphatic rings. The zero-order chi connectivity index (χ0) is 4.00. The quantitative estimate of drug-likeness (QED) is 0.460. The summed E-state index contributed by atoms with van der Waals surface area (Å²) >= 11 is 0. The summed E-state index contributed by atoms with van der Waals surface area (Å²) in [5.41, 5.74) is 0.